The van der Waals surface area contributed by atoms with Gasteiger partial charge in [-0.1, -0.05) is 43.7 Å². The molecule has 1 aromatic rings. The van der Waals surface area contributed by atoms with Gasteiger partial charge in [0, 0.05) is 19.3 Å². The van der Waals surface area contributed by atoms with Crippen LogP contribution < -0.4 is 5.32 Å². The van der Waals surface area contributed by atoms with Crippen molar-refractivity contribution in [1.82, 2.24) is 10.2 Å². The fraction of sp³-hybridized carbons (Fsp3) is 0.438. The first-order valence-corrected chi connectivity index (χ1v) is 6.96. The van der Waals surface area contributed by atoms with Crippen LogP contribution in [-0.2, 0) is 0 Å². The molecule has 0 saturated carbocycles. The molecule has 0 unspecified atom stereocenters. The minimum Gasteiger partial charge on any atom is -0.325 e. The van der Waals surface area contributed by atoms with Crippen LogP contribution in [0.5, 0.6) is 0 Å². The highest BCUT2D eigenvalue weighted by atomic mass is 16.2. The van der Waals surface area contributed by atoms with Crippen LogP contribution in [0, 0.1) is 6.92 Å². The average molecular weight is 260 g/mol. The predicted molar refractivity (Wildman–Crippen MR) is 80.9 cm³/mol. The van der Waals surface area contributed by atoms with Crippen LogP contribution in [0.4, 0.5) is 4.79 Å². The molecule has 0 aliphatic carbocycles. The number of carbonyl (C=O) groups is 1. The number of hydrogen-bond acceptors (Lipinski definition) is 1. The molecule has 0 aliphatic heterocycles. The Balaban J connectivity index is 2.52. The smallest absolute Gasteiger partial charge is 0.321 e. The number of urea groups is 1. The van der Waals surface area contributed by atoms with E-state index >= 15 is 0 Å². The van der Waals surface area contributed by atoms with Gasteiger partial charge in [0.2, 0.25) is 0 Å². The van der Waals surface area contributed by atoms with Crippen LogP contribution in [0.1, 0.15) is 37.8 Å². The Morgan fingerprint density at radius 3 is 2.53 bits per heavy atom. The van der Waals surface area contributed by atoms with Gasteiger partial charge in [0.1, 0.15) is 0 Å². The highest BCUT2D eigenvalue weighted by Gasteiger charge is 2.08. The lowest BCUT2D eigenvalue weighted by atomic mass is 10.1. The van der Waals surface area contributed by atoms with Crippen LogP contribution in [0.2, 0.25) is 0 Å². The highest BCUT2D eigenvalue weighted by Crippen LogP contribution is 2.05. The molecular weight excluding hydrogens is 236 g/mol. The van der Waals surface area contributed by atoms with Crippen LogP contribution in [-0.4, -0.2) is 24.0 Å². The number of benzene rings is 1. The van der Waals surface area contributed by atoms with Crippen molar-refractivity contribution in [3.63, 3.8) is 0 Å². The third-order valence-corrected chi connectivity index (χ3v) is 2.80. The monoisotopic (exact) mass is 260 g/mol. The van der Waals surface area contributed by atoms with Gasteiger partial charge in [-0.2, -0.15) is 0 Å². The average Bonchev–Trinajstić information content (AvgIpc) is 2.38. The topological polar surface area (TPSA) is 32.3 Å². The highest BCUT2D eigenvalue weighted by molar-refractivity contribution is 5.76. The van der Waals surface area contributed by atoms with Crippen LogP contribution >= 0.6 is 0 Å². The van der Waals surface area contributed by atoms with E-state index in [1.54, 1.807) is 6.20 Å². The Morgan fingerprint density at radius 1 is 1.26 bits per heavy atom. The number of nitrogens with one attached hydrogen (secondary N) is 1. The van der Waals surface area contributed by atoms with E-state index in [4.69, 9.17) is 0 Å². The quantitative estimate of drug-likeness (QED) is 0.829. The summed E-state index contributed by atoms with van der Waals surface area (Å²) in [6.45, 7) is 7.83. The fourth-order valence-corrected chi connectivity index (χ4v) is 1.93. The second kappa shape index (κ2) is 8.35. The summed E-state index contributed by atoms with van der Waals surface area (Å²) in [6, 6.07) is 8.15. The third-order valence-electron chi connectivity index (χ3n) is 2.80. The Bertz CT molecular complexity index is 421. The maximum Gasteiger partial charge on any atom is 0.321 e. The first kappa shape index (κ1) is 15.3. The SMILES string of the molecule is CCCN(CCC)C(=O)N/C=C/c1cccc(C)c1. The van der Waals surface area contributed by atoms with E-state index in [0.29, 0.717) is 0 Å². The molecule has 19 heavy (non-hydrogen) atoms. The maximum absolute atomic E-state index is 11.9. The molecule has 0 heterocycles. The van der Waals surface area contributed by atoms with E-state index in [0.717, 1.165) is 31.5 Å². The zero-order valence-corrected chi connectivity index (χ0v) is 12.1. The molecule has 3 heteroatoms. The minimum atomic E-state index is -0.0207. The van der Waals surface area contributed by atoms with Crippen molar-refractivity contribution in [3.05, 3.63) is 41.6 Å². The largest absolute Gasteiger partial charge is 0.325 e. The van der Waals surface area contributed by atoms with Gasteiger partial charge in [-0.3, -0.25) is 0 Å². The van der Waals surface area contributed by atoms with E-state index in [9.17, 15) is 4.79 Å². The summed E-state index contributed by atoms with van der Waals surface area (Å²) in [6.07, 6.45) is 5.60. The second-order valence-electron chi connectivity index (χ2n) is 4.68. The molecule has 1 aromatic carbocycles. The van der Waals surface area contributed by atoms with Crippen LogP contribution in [0.15, 0.2) is 30.5 Å². The van der Waals surface area contributed by atoms with Crippen molar-refractivity contribution < 1.29 is 4.79 Å². The standard InChI is InChI=1S/C16H24N2O/c1-4-11-18(12-5-2)16(19)17-10-9-15-8-6-7-14(3)13-15/h6-10,13H,4-5,11-12H2,1-3H3,(H,17,19)/b10-9+. The lowest BCUT2D eigenvalue weighted by Crippen LogP contribution is -2.38. The van der Waals surface area contributed by atoms with Gasteiger partial charge in [-0.15, -0.1) is 0 Å². The van der Waals surface area contributed by atoms with Crippen LogP contribution in [0.25, 0.3) is 6.08 Å². The molecule has 0 bridgehead atoms. The van der Waals surface area contributed by atoms with E-state index in [2.05, 4.69) is 38.2 Å². The van der Waals surface area contributed by atoms with Gasteiger partial charge in [-0.05, 0) is 31.4 Å². The molecule has 104 valence electrons. The lowest BCUT2D eigenvalue weighted by molar-refractivity contribution is 0.201. The normalized spacial score (nSPS) is 10.7. The van der Waals surface area contributed by atoms with E-state index in [-0.39, 0.29) is 6.03 Å². The van der Waals surface area contributed by atoms with E-state index in [1.807, 2.05) is 23.1 Å². The number of carbonyl (C=O) groups excluding carboxylic acids is 1. The first-order valence-electron chi connectivity index (χ1n) is 6.96. The Labute approximate surface area is 116 Å². The van der Waals surface area contributed by atoms with Crippen molar-refractivity contribution in [2.75, 3.05) is 13.1 Å². The molecule has 0 spiro atoms. The molecule has 0 aliphatic rings. The summed E-state index contributed by atoms with van der Waals surface area (Å²) in [5.74, 6) is 0. The molecule has 1 N–H and O–H groups in total. The van der Waals surface area contributed by atoms with Gasteiger partial charge < -0.3 is 10.2 Å². The number of amides is 2. The third kappa shape index (κ3) is 5.60. The van der Waals surface area contributed by atoms with Crippen molar-refractivity contribution in [3.8, 4) is 0 Å². The molecule has 0 fully saturated rings. The summed E-state index contributed by atoms with van der Waals surface area (Å²) >= 11 is 0. The number of hydrogen-bond donors (Lipinski definition) is 1. The van der Waals surface area contributed by atoms with E-state index < -0.39 is 0 Å². The second-order valence-corrected chi connectivity index (χ2v) is 4.68. The summed E-state index contributed by atoms with van der Waals surface area (Å²) in [4.78, 5) is 13.8. The molecule has 1 rings (SSSR count). The summed E-state index contributed by atoms with van der Waals surface area (Å²) in [5.41, 5.74) is 2.31. The Kier molecular flexibility index (Phi) is 6.72. The number of rotatable bonds is 6. The van der Waals surface area contributed by atoms with Gasteiger partial charge >= 0.3 is 6.03 Å². The first-order chi connectivity index (χ1) is 9.17. The summed E-state index contributed by atoms with van der Waals surface area (Å²) in [7, 11) is 0. The molecule has 0 saturated heterocycles. The molecule has 0 radical (unpaired) electrons. The summed E-state index contributed by atoms with van der Waals surface area (Å²) < 4.78 is 0. The van der Waals surface area contributed by atoms with Gasteiger partial charge in [-0.25, -0.2) is 4.79 Å². The molecule has 0 atom stereocenters. The molecule has 2 amide bonds. The van der Waals surface area contributed by atoms with Crippen LogP contribution in [0.3, 0.4) is 0 Å². The number of nitrogens with zero attached hydrogens (tertiary/aromatic N) is 1. The van der Waals surface area contributed by atoms with Crippen molar-refractivity contribution in [2.45, 2.75) is 33.6 Å². The van der Waals surface area contributed by atoms with Gasteiger partial charge in [0.15, 0.2) is 0 Å². The Morgan fingerprint density at radius 2 is 1.95 bits per heavy atom. The lowest BCUT2D eigenvalue weighted by Gasteiger charge is -2.20. The zero-order chi connectivity index (χ0) is 14.1. The maximum atomic E-state index is 11.9. The van der Waals surface area contributed by atoms with Gasteiger partial charge in [0.05, 0.1) is 0 Å². The van der Waals surface area contributed by atoms with Crippen molar-refractivity contribution in [2.24, 2.45) is 0 Å². The summed E-state index contributed by atoms with van der Waals surface area (Å²) in [5, 5.41) is 2.83. The fourth-order valence-electron chi connectivity index (χ4n) is 1.93. The molecule has 0 aromatic heterocycles. The zero-order valence-electron chi connectivity index (χ0n) is 12.1. The number of aryl methyl sites for hydroxylation is 1. The Hall–Kier alpha value is -1.77. The predicted octanol–water partition coefficient (Wildman–Crippen LogP) is 3.80. The molecule has 3 nitrogen and oxygen atoms in total. The van der Waals surface area contributed by atoms with Crippen molar-refractivity contribution >= 4 is 12.1 Å². The van der Waals surface area contributed by atoms with Gasteiger partial charge in [0.25, 0.3) is 0 Å². The van der Waals surface area contributed by atoms with Crippen molar-refractivity contribution in [1.29, 1.82) is 0 Å². The molecular formula is C16H24N2O. The van der Waals surface area contributed by atoms with E-state index in [1.165, 1.54) is 5.56 Å². The minimum absolute atomic E-state index is 0.0207.